The standard InChI is InChI=1S/C19H19N/c1-2-6-14(5-1)9-10-15-11-12-17-16-7-3-4-8-18(16)20-19(17)13-15/h3-4,7-14,20H,1-2,5-6H2/b10-9+. The third-order valence-corrected chi connectivity index (χ3v) is 4.49. The van der Waals surface area contributed by atoms with Crippen molar-refractivity contribution in [3.05, 3.63) is 54.1 Å². The lowest BCUT2D eigenvalue weighted by Gasteiger charge is -2.00. The van der Waals surface area contributed by atoms with Crippen molar-refractivity contribution >= 4 is 27.9 Å². The summed E-state index contributed by atoms with van der Waals surface area (Å²) in [7, 11) is 0. The Morgan fingerprint density at radius 3 is 2.60 bits per heavy atom. The summed E-state index contributed by atoms with van der Waals surface area (Å²) in [5, 5.41) is 2.63. The molecule has 1 N–H and O–H groups in total. The van der Waals surface area contributed by atoms with Crippen LogP contribution in [0.25, 0.3) is 27.9 Å². The highest BCUT2D eigenvalue weighted by atomic mass is 14.7. The molecule has 1 aliphatic carbocycles. The molecule has 20 heavy (non-hydrogen) atoms. The third-order valence-electron chi connectivity index (χ3n) is 4.49. The van der Waals surface area contributed by atoms with Gasteiger partial charge in [0, 0.05) is 21.8 Å². The van der Waals surface area contributed by atoms with Crippen molar-refractivity contribution in [3.63, 3.8) is 0 Å². The maximum absolute atomic E-state index is 3.51. The first-order chi connectivity index (χ1) is 9.90. The number of hydrogen-bond acceptors (Lipinski definition) is 0. The summed E-state index contributed by atoms with van der Waals surface area (Å²) in [4.78, 5) is 3.51. The molecule has 1 saturated carbocycles. The topological polar surface area (TPSA) is 15.8 Å². The molecule has 0 aliphatic heterocycles. The zero-order valence-corrected chi connectivity index (χ0v) is 11.6. The van der Waals surface area contributed by atoms with E-state index in [9.17, 15) is 0 Å². The summed E-state index contributed by atoms with van der Waals surface area (Å²) < 4.78 is 0. The molecule has 4 rings (SSSR count). The van der Waals surface area contributed by atoms with Crippen LogP contribution in [0, 0.1) is 5.92 Å². The maximum atomic E-state index is 3.51. The molecule has 2 aromatic carbocycles. The summed E-state index contributed by atoms with van der Waals surface area (Å²) >= 11 is 0. The lowest BCUT2D eigenvalue weighted by Crippen LogP contribution is -1.85. The molecule has 1 aliphatic rings. The maximum Gasteiger partial charge on any atom is 0.0470 e. The highest BCUT2D eigenvalue weighted by molar-refractivity contribution is 6.07. The second kappa shape index (κ2) is 4.82. The summed E-state index contributed by atoms with van der Waals surface area (Å²) in [6, 6.07) is 15.2. The van der Waals surface area contributed by atoms with Gasteiger partial charge in [0.05, 0.1) is 0 Å². The Hall–Kier alpha value is -2.02. The zero-order chi connectivity index (χ0) is 13.4. The van der Waals surface area contributed by atoms with E-state index in [4.69, 9.17) is 0 Å². The lowest BCUT2D eigenvalue weighted by molar-refractivity contribution is 0.689. The smallest absolute Gasteiger partial charge is 0.0470 e. The van der Waals surface area contributed by atoms with Gasteiger partial charge in [0.15, 0.2) is 0 Å². The van der Waals surface area contributed by atoms with Crippen molar-refractivity contribution in [2.24, 2.45) is 5.92 Å². The number of nitrogens with one attached hydrogen (secondary N) is 1. The van der Waals surface area contributed by atoms with Crippen LogP contribution in [-0.4, -0.2) is 4.98 Å². The van der Waals surface area contributed by atoms with Gasteiger partial charge in [-0.1, -0.05) is 55.3 Å². The Balaban J connectivity index is 1.73. The number of benzene rings is 2. The van der Waals surface area contributed by atoms with Crippen molar-refractivity contribution in [1.29, 1.82) is 0 Å². The molecule has 0 spiro atoms. The molecule has 0 bridgehead atoms. The van der Waals surface area contributed by atoms with E-state index in [-0.39, 0.29) is 0 Å². The summed E-state index contributed by atoms with van der Waals surface area (Å²) in [6.07, 6.45) is 10.2. The van der Waals surface area contributed by atoms with Crippen LogP contribution in [0.3, 0.4) is 0 Å². The average molecular weight is 261 g/mol. The van der Waals surface area contributed by atoms with Crippen molar-refractivity contribution in [2.45, 2.75) is 25.7 Å². The molecule has 0 unspecified atom stereocenters. The van der Waals surface area contributed by atoms with E-state index in [2.05, 4.69) is 59.6 Å². The van der Waals surface area contributed by atoms with E-state index >= 15 is 0 Å². The largest absolute Gasteiger partial charge is 0.354 e. The Bertz CT molecular complexity index is 773. The predicted octanol–water partition coefficient (Wildman–Crippen LogP) is 5.52. The first kappa shape index (κ1) is 11.8. The van der Waals surface area contributed by atoms with E-state index in [1.165, 1.54) is 53.1 Å². The number of aromatic amines is 1. The van der Waals surface area contributed by atoms with Gasteiger partial charge >= 0.3 is 0 Å². The van der Waals surface area contributed by atoms with Gasteiger partial charge in [0.2, 0.25) is 0 Å². The normalized spacial score (nSPS) is 16.8. The summed E-state index contributed by atoms with van der Waals surface area (Å²) in [6.45, 7) is 0. The van der Waals surface area contributed by atoms with Crippen LogP contribution in [0.2, 0.25) is 0 Å². The number of rotatable bonds is 2. The van der Waals surface area contributed by atoms with Gasteiger partial charge in [-0.3, -0.25) is 0 Å². The Morgan fingerprint density at radius 2 is 1.70 bits per heavy atom. The van der Waals surface area contributed by atoms with Crippen LogP contribution in [0.1, 0.15) is 31.2 Å². The SMILES string of the molecule is C(=C\C1CCCC1)/c1ccc2c(c1)[nH]c1ccccc12. The molecule has 1 fully saturated rings. The van der Waals surface area contributed by atoms with E-state index in [1.807, 2.05) is 0 Å². The van der Waals surface area contributed by atoms with E-state index in [0.717, 1.165) is 5.92 Å². The van der Waals surface area contributed by atoms with E-state index < -0.39 is 0 Å². The number of para-hydroxylation sites is 1. The number of allylic oxidation sites excluding steroid dienone is 1. The molecule has 1 nitrogen and oxygen atoms in total. The van der Waals surface area contributed by atoms with Crippen molar-refractivity contribution < 1.29 is 0 Å². The Kier molecular flexibility index (Phi) is 2.84. The van der Waals surface area contributed by atoms with Crippen LogP contribution in [0.4, 0.5) is 0 Å². The molecule has 1 aromatic heterocycles. The van der Waals surface area contributed by atoms with Gasteiger partial charge in [0.1, 0.15) is 0 Å². The Labute approximate surface area is 119 Å². The molecule has 1 heterocycles. The summed E-state index contributed by atoms with van der Waals surface area (Å²) in [5.41, 5.74) is 3.76. The van der Waals surface area contributed by atoms with Crippen molar-refractivity contribution in [3.8, 4) is 0 Å². The predicted molar refractivity (Wildman–Crippen MR) is 86.8 cm³/mol. The van der Waals surface area contributed by atoms with Crippen LogP contribution in [-0.2, 0) is 0 Å². The van der Waals surface area contributed by atoms with Crippen LogP contribution < -0.4 is 0 Å². The van der Waals surface area contributed by atoms with Crippen LogP contribution in [0.15, 0.2) is 48.5 Å². The average Bonchev–Trinajstić information content (AvgIpc) is 3.12. The second-order valence-corrected chi connectivity index (χ2v) is 5.88. The molecular formula is C19H19N. The molecule has 100 valence electrons. The second-order valence-electron chi connectivity index (χ2n) is 5.88. The Morgan fingerprint density at radius 1 is 0.900 bits per heavy atom. The molecule has 0 radical (unpaired) electrons. The minimum atomic E-state index is 0.799. The van der Waals surface area contributed by atoms with Gasteiger partial charge in [-0.25, -0.2) is 0 Å². The number of hydrogen-bond donors (Lipinski definition) is 1. The van der Waals surface area contributed by atoms with Crippen LogP contribution >= 0.6 is 0 Å². The number of fused-ring (bicyclic) bond motifs is 3. The lowest BCUT2D eigenvalue weighted by atomic mass is 10.0. The first-order valence-electron chi connectivity index (χ1n) is 7.59. The fourth-order valence-corrected chi connectivity index (χ4v) is 3.37. The van der Waals surface area contributed by atoms with Gasteiger partial charge in [-0.15, -0.1) is 0 Å². The van der Waals surface area contributed by atoms with E-state index in [1.54, 1.807) is 0 Å². The monoisotopic (exact) mass is 261 g/mol. The van der Waals surface area contributed by atoms with Gasteiger partial charge < -0.3 is 4.98 Å². The minimum Gasteiger partial charge on any atom is -0.354 e. The van der Waals surface area contributed by atoms with Crippen LogP contribution in [0.5, 0.6) is 0 Å². The number of H-pyrrole nitrogens is 1. The van der Waals surface area contributed by atoms with Gasteiger partial charge in [-0.05, 0) is 36.5 Å². The molecule has 0 atom stereocenters. The molecular weight excluding hydrogens is 242 g/mol. The highest BCUT2D eigenvalue weighted by Crippen LogP contribution is 2.28. The fourth-order valence-electron chi connectivity index (χ4n) is 3.37. The van der Waals surface area contributed by atoms with Gasteiger partial charge in [0.25, 0.3) is 0 Å². The molecule has 0 amide bonds. The molecule has 1 heteroatoms. The quantitative estimate of drug-likeness (QED) is 0.624. The fraction of sp³-hybridized carbons (Fsp3) is 0.263. The van der Waals surface area contributed by atoms with Gasteiger partial charge in [-0.2, -0.15) is 0 Å². The highest BCUT2D eigenvalue weighted by Gasteiger charge is 2.11. The van der Waals surface area contributed by atoms with Crippen molar-refractivity contribution in [2.75, 3.05) is 0 Å². The minimum absolute atomic E-state index is 0.799. The molecule has 3 aromatic rings. The number of aromatic nitrogens is 1. The molecule has 0 saturated heterocycles. The van der Waals surface area contributed by atoms with E-state index in [0.29, 0.717) is 0 Å². The first-order valence-corrected chi connectivity index (χ1v) is 7.59. The van der Waals surface area contributed by atoms with Crippen molar-refractivity contribution in [1.82, 2.24) is 4.98 Å². The summed E-state index contributed by atoms with van der Waals surface area (Å²) in [5.74, 6) is 0.799. The third kappa shape index (κ3) is 2.03. The zero-order valence-electron chi connectivity index (χ0n) is 11.6.